The van der Waals surface area contributed by atoms with E-state index in [1.165, 1.54) is 12.0 Å². The first kappa shape index (κ1) is 21.7. The molecule has 1 fully saturated rings. The van der Waals surface area contributed by atoms with Gasteiger partial charge in [0.15, 0.2) is 0 Å². The van der Waals surface area contributed by atoms with Gasteiger partial charge in [0.2, 0.25) is 0 Å². The van der Waals surface area contributed by atoms with E-state index in [9.17, 15) is 30.3 Å². The molecular formula is C18H27NO8. The van der Waals surface area contributed by atoms with Crippen LogP contribution in [0.3, 0.4) is 0 Å². The minimum Gasteiger partial charge on any atom is -0.465 e. The molecule has 0 saturated carbocycles. The van der Waals surface area contributed by atoms with Gasteiger partial charge in [0.05, 0.1) is 50.7 Å². The summed E-state index contributed by atoms with van der Waals surface area (Å²) in [4.78, 5) is 12.9. The molecule has 1 aliphatic rings. The number of carbonyl (C=O) groups excluding carboxylic acids is 1. The third-order valence-electron chi connectivity index (χ3n) is 4.62. The van der Waals surface area contributed by atoms with E-state index in [2.05, 4.69) is 4.74 Å². The number of carbonyl (C=O) groups is 1. The Morgan fingerprint density at radius 1 is 1.22 bits per heavy atom. The molecule has 1 aromatic carbocycles. The lowest BCUT2D eigenvalue weighted by atomic mass is 9.94. The summed E-state index contributed by atoms with van der Waals surface area (Å²) in [5.74, 6) is -0.424. The molecule has 152 valence electrons. The molecule has 27 heavy (non-hydrogen) atoms. The zero-order chi connectivity index (χ0) is 20.0. The zero-order valence-corrected chi connectivity index (χ0v) is 15.1. The Morgan fingerprint density at radius 2 is 1.89 bits per heavy atom. The van der Waals surface area contributed by atoms with Crippen molar-refractivity contribution in [3.63, 3.8) is 0 Å². The standard InChI is InChI=1S/C18H27NO8/c1-26-18(25)12-4-2-11(3-5-12)9-27-10-13(21)6-19-7-15(22)17(24)16(23)14(19)8-20/h2-5,13-17,20-24H,6-10H2,1H3/t13?,14-,15+,16-,17-/m1/s1. The van der Waals surface area contributed by atoms with Gasteiger partial charge in [0.25, 0.3) is 0 Å². The van der Waals surface area contributed by atoms with Gasteiger partial charge in [-0.1, -0.05) is 12.1 Å². The SMILES string of the molecule is COC(=O)c1ccc(COCC(O)CN2C[C@H](O)[C@@H](O)[C@H](O)[C@H]2CO)cc1. The van der Waals surface area contributed by atoms with Crippen LogP contribution < -0.4 is 0 Å². The topological polar surface area (TPSA) is 140 Å². The molecule has 0 radical (unpaired) electrons. The van der Waals surface area contributed by atoms with E-state index < -0.39 is 43.0 Å². The predicted molar refractivity (Wildman–Crippen MR) is 93.9 cm³/mol. The van der Waals surface area contributed by atoms with Crippen LogP contribution in [0.15, 0.2) is 24.3 Å². The highest BCUT2D eigenvalue weighted by Crippen LogP contribution is 2.19. The smallest absolute Gasteiger partial charge is 0.337 e. The molecule has 1 heterocycles. The van der Waals surface area contributed by atoms with Crippen molar-refractivity contribution in [1.29, 1.82) is 0 Å². The molecule has 0 aromatic heterocycles. The van der Waals surface area contributed by atoms with Crippen molar-refractivity contribution in [3.05, 3.63) is 35.4 Å². The Hall–Kier alpha value is -1.59. The minimum absolute atomic E-state index is 0.00213. The lowest BCUT2D eigenvalue weighted by molar-refractivity contribution is -0.152. The predicted octanol–water partition coefficient (Wildman–Crippen LogP) is -1.89. The summed E-state index contributed by atoms with van der Waals surface area (Å²) in [6, 6.07) is 5.91. The lowest BCUT2D eigenvalue weighted by Gasteiger charge is -2.43. The monoisotopic (exact) mass is 385 g/mol. The molecule has 1 unspecified atom stereocenters. The fraction of sp³-hybridized carbons (Fsp3) is 0.611. The van der Waals surface area contributed by atoms with Crippen molar-refractivity contribution in [2.75, 3.05) is 33.4 Å². The summed E-state index contributed by atoms with van der Waals surface area (Å²) < 4.78 is 10.1. The van der Waals surface area contributed by atoms with Gasteiger partial charge in [-0.3, -0.25) is 4.90 Å². The molecule has 1 aliphatic heterocycles. The van der Waals surface area contributed by atoms with Crippen LogP contribution in [-0.2, 0) is 16.1 Å². The van der Waals surface area contributed by atoms with Crippen LogP contribution in [0.5, 0.6) is 0 Å². The number of esters is 1. The number of aliphatic hydroxyl groups is 5. The van der Waals surface area contributed by atoms with Crippen molar-refractivity contribution < 1.29 is 39.8 Å². The fourth-order valence-corrected chi connectivity index (χ4v) is 3.08. The molecule has 1 saturated heterocycles. The summed E-state index contributed by atoms with van der Waals surface area (Å²) in [6.45, 7) is -0.0953. The molecule has 9 heteroatoms. The van der Waals surface area contributed by atoms with Crippen LogP contribution in [0, 0.1) is 0 Å². The van der Waals surface area contributed by atoms with Crippen molar-refractivity contribution >= 4 is 5.97 Å². The Morgan fingerprint density at radius 3 is 2.48 bits per heavy atom. The first-order valence-corrected chi connectivity index (χ1v) is 8.69. The van der Waals surface area contributed by atoms with Crippen molar-refractivity contribution in [2.24, 2.45) is 0 Å². The average molecular weight is 385 g/mol. The quantitative estimate of drug-likeness (QED) is 0.325. The number of rotatable bonds is 8. The summed E-state index contributed by atoms with van der Waals surface area (Å²) in [5.41, 5.74) is 1.25. The number of piperidine rings is 1. The summed E-state index contributed by atoms with van der Waals surface area (Å²) >= 11 is 0. The average Bonchev–Trinajstić information content (AvgIpc) is 2.66. The summed E-state index contributed by atoms with van der Waals surface area (Å²) in [7, 11) is 1.31. The number of ether oxygens (including phenoxy) is 2. The van der Waals surface area contributed by atoms with Crippen LogP contribution in [0.2, 0.25) is 0 Å². The van der Waals surface area contributed by atoms with Gasteiger partial charge < -0.3 is 35.0 Å². The number of nitrogens with zero attached hydrogens (tertiary/aromatic N) is 1. The van der Waals surface area contributed by atoms with E-state index >= 15 is 0 Å². The van der Waals surface area contributed by atoms with E-state index in [1.807, 2.05) is 0 Å². The second kappa shape index (κ2) is 10.1. The Bertz CT molecular complexity index is 596. The van der Waals surface area contributed by atoms with Gasteiger partial charge in [-0.05, 0) is 17.7 Å². The maximum atomic E-state index is 11.4. The number of methoxy groups -OCH3 is 1. The molecule has 2 rings (SSSR count). The maximum Gasteiger partial charge on any atom is 0.337 e. The third-order valence-corrected chi connectivity index (χ3v) is 4.62. The van der Waals surface area contributed by atoms with E-state index in [0.717, 1.165) is 5.56 Å². The zero-order valence-electron chi connectivity index (χ0n) is 15.1. The Labute approximate surface area is 157 Å². The molecule has 0 amide bonds. The summed E-state index contributed by atoms with van der Waals surface area (Å²) in [5, 5.41) is 48.9. The first-order valence-electron chi connectivity index (χ1n) is 8.69. The number of hydrogen-bond acceptors (Lipinski definition) is 9. The van der Waals surface area contributed by atoms with Gasteiger partial charge in [-0.2, -0.15) is 0 Å². The number of β-amino-alcohol motifs (C(OH)–C–C–N with tert-alkyl or cyclic N) is 2. The number of likely N-dealkylation sites (tertiary alicyclic amines) is 1. The normalized spacial score (nSPS) is 27.3. The number of benzene rings is 1. The van der Waals surface area contributed by atoms with E-state index in [0.29, 0.717) is 5.56 Å². The van der Waals surface area contributed by atoms with E-state index in [-0.39, 0.29) is 26.3 Å². The fourth-order valence-electron chi connectivity index (χ4n) is 3.08. The van der Waals surface area contributed by atoms with Crippen LogP contribution in [0.1, 0.15) is 15.9 Å². The summed E-state index contributed by atoms with van der Waals surface area (Å²) in [6.07, 6.45) is -4.72. The van der Waals surface area contributed by atoms with E-state index in [4.69, 9.17) is 4.74 Å². The van der Waals surface area contributed by atoms with Gasteiger partial charge in [0, 0.05) is 13.1 Å². The second-order valence-electron chi connectivity index (χ2n) is 6.61. The van der Waals surface area contributed by atoms with Gasteiger partial charge >= 0.3 is 5.97 Å². The van der Waals surface area contributed by atoms with Crippen molar-refractivity contribution in [1.82, 2.24) is 4.90 Å². The van der Waals surface area contributed by atoms with Crippen molar-refractivity contribution in [2.45, 2.75) is 37.1 Å². The van der Waals surface area contributed by atoms with Gasteiger partial charge in [0.1, 0.15) is 12.2 Å². The van der Waals surface area contributed by atoms with Crippen molar-refractivity contribution in [3.8, 4) is 0 Å². The largest absolute Gasteiger partial charge is 0.465 e. The molecule has 5 N–H and O–H groups in total. The maximum absolute atomic E-state index is 11.4. The van der Waals surface area contributed by atoms with Crippen LogP contribution in [0.25, 0.3) is 0 Å². The minimum atomic E-state index is -1.33. The molecule has 0 spiro atoms. The Kier molecular flexibility index (Phi) is 8.11. The molecule has 0 aliphatic carbocycles. The van der Waals surface area contributed by atoms with Crippen LogP contribution >= 0.6 is 0 Å². The van der Waals surface area contributed by atoms with Gasteiger partial charge in [-0.15, -0.1) is 0 Å². The van der Waals surface area contributed by atoms with E-state index in [1.54, 1.807) is 24.3 Å². The lowest BCUT2D eigenvalue weighted by Crippen LogP contribution is -2.63. The molecule has 1 aromatic rings. The molecule has 5 atom stereocenters. The highest BCUT2D eigenvalue weighted by molar-refractivity contribution is 5.89. The number of aliphatic hydroxyl groups excluding tert-OH is 5. The third kappa shape index (κ3) is 5.69. The molecule has 0 bridgehead atoms. The first-order chi connectivity index (χ1) is 12.9. The van der Waals surface area contributed by atoms with Gasteiger partial charge in [-0.25, -0.2) is 4.79 Å². The molecule has 9 nitrogen and oxygen atoms in total. The van der Waals surface area contributed by atoms with Crippen LogP contribution in [0.4, 0.5) is 0 Å². The Balaban J connectivity index is 1.80. The highest BCUT2D eigenvalue weighted by Gasteiger charge is 2.41. The second-order valence-corrected chi connectivity index (χ2v) is 6.61. The molecular weight excluding hydrogens is 358 g/mol. The van der Waals surface area contributed by atoms with Crippen LogP contribution in [-0.4, -0.2) is 100 Å². The highest BCUT2D eigenvalue weighted by atomic mass is 16.5. The number of hydrogen-bond donors (Lipinski definition) is 5.